The van der Waals surface area contributed by atoms with E-state index in [0.717, 1.165) is 5.56 Å². The lowest BCUT2D eigenvalue weighted by Gasteiger charge is -2.23. The van der Waals surface area contributed by atoms with Gasteiger partial charge in [0.15, 0.2) is 0 Å². The summed E-state index contributed by atoms with van der Waals surface area (Å²) in [5.74, 6) is 0.553. The van der Waals surface area contributed by atoms with E-state index in [9.17, 15) is 4.79 Å². The molecule has 0 aliphatic carbocycles. The Morgan fingerprint density at radius 3 is 2.50 bits per heavy atom. The average molecular weight is 239 g/mol. The highest BCUT2D eigenvalue weighted by atomic mass is 16.1. The fraction of sp³-hybridized carbons (Fsp3) is 0.214. The molecule has 0 saturated heterocycles. The molecule has 90 valence electrons. The number of benzene rings is 1. The van der Waals surface area contributed by atoms with Gasteiger partial charge in [-0.3, -0.25) is 4.79 Å². The van der Waals surface area contributed by atoms with E-state index in [1.807, 2.05) is 50.2 Å². The van der Waals surface area contributed by atoms with Crippen LogP contribution in [-0.2, 0) is 5.41 Å². The summed E-state index contributed by atoms with van der Waals surface area (Å²) in [4.78, 5) is 18.5. The van der Waals surface area contributed by atoms with Gasteiger partial charge in [-0.05, 0) is 19.4 Å². The van der Waals surface area contributed by atoms with Gasteiger partial charge in [-0.25, -0.2) is 4.98 Å². The summed E-state index contributed by atoms with van der Waals surface area (Å²) in [5, 5.41) is 8.72. The second-order valence-corrected chi connectivity index (χ2v) is 4.58. The molecule has 2 rings (SSSR count). The molecular formula is C14H13N3O. The molecule has 0 aliphatic heterocycles. The molecule has 1 heterocycles. The molecule has 0 fully saturated rings. The summed E-state index contributed by atoms with van der Waals surface area (Å²) in [6, 6.07) is 11.6. The molecule has 0 amide bonds. The first-order valence-corrected chi connectivity index (χ1v) is 5.61. The van der Waals surface area contributed by atoms with Crippen LogP contribution < -0.4 is 5.56 Å². The molecule has 4 nitrogen and oxygen atoms in total. The van der Waals surface area contributed by atoms with Crippen molar-refractivity contribution in [3.05, 3.63) is 63.8 Å². The van der Waals surface area contributed by atoms with E-state index in [1.165, 1.54) is 6.20 Å². The summed E-state index contributed by atoms with van der Waals surface area (Å²) in [6.45, 7) is 3.96. The van der Waals surface area contributed by atoms with Crippen molar-refractivity contribution in [3.63, 3.8) is 0 Å². The van der Waals surface area contributed by atoms with Crippen LogP contribution >= 0.6 is 0 Å². The second-order valence-electron chi connectivity index (χ2n) is 4.58. The zero-order valence-electron chi connectivity index (χ0n) is 10.3. The van der Waals surface area contributed by atoms with Crippen molar-refractivity contribution < 1.29 is 0 Å². The quantitative estimate of drug-likeness (QED) is 0.871. The predicted molar refractivity (Wildman–Crippen MR) is 68.1 cm³/mol. The number of hydrogen-bond acceptors (Lipinski definition) is 3. The molecule has 0 atom stereocenters. The highest BCUT2D eigenvalue weighted by Crippen LogP contribution is 2.27. The van der Waals surface area contributed by atoms with Gasteiger partial charge in [0.1, 0.15) is 17.5 Å². The van der Waals surface area contributed by atoms with Gasteiger partial charge in [0.05, 0.1) is 6.20 Å². The molecule has 2 aromatic rings. The number of nitrogens with zero attached hydrogens (tertiary/aromatic N) is 2. The number of nitriles is 1. The maximum Gasteiger partial charge on any atom is 0.268 e. The molecule has 1 aromatic carbocycles. The Morgan fingerprint density at radius 1 is 1.28 bits per heavy atom. The second kappa shape index (κ2) is 4.46. The first-order chi connectivity index (χ1) is 8.55. The molecule has 1 aromatic heterocycles. The minimum Gasteiger partial charge on any atom is -0.309 e. The van der Waals surface area contributed by atoms with Crippen LogP contribution in [0.25, 0.3) is 0 Å². The minimum absolute atomic E-state index is 0.0302. The van der Waals surface area contributed by atoms with Gasteiger partial charge in [-0.15, -0.1) is 0 Å². The summed E-state index contributed by atoms with van der Waals surface area (Å²) >= 11 is 0. The standard InChI is InChI=1S/C14H13N3O/c1-14(2,11-6-4-3-5-7-11)13-16-9-10(8-15)12(18)17-13/h3-7,9H,1-2H3,(H,16,17,18). The van der Waals surface area contributed by atoms with E-state index in [1.54, 1.807) is 0 Å². The molecule has 0 bridgehead atoms. The molecule has 0 spiro atoms. The topological polar surface area (TPSA) is 69.5 Å². The van der Waals surface area contributed by atoms with Gasteiger partial charge in [0.25, 0.3) is 5.56 Å². The van der Waals surface area contributed by atoms with E-state index in [0.29, 0.717) is 5.82 Å². The van der Waals surface area contributed by atoms with E-state index in [-0.39, 0.29) is 5.56 Å². The van der Waals surface area contributed by atoms with Crippen LogP contribution in [0.15, 0.2) is 41.3 Å². The van der Waals surface area contributed by atoms with E-state index in [4.69, 9.17) is 5.26 Å². The van der Waals surface area contributed by atoms with E-state index in [2.05, 4.69) is 9.97 Å². The van der Waals surface area contributed by atoms with Crippen molar-refractivity contribution in [3.8, 4) is 6.07 Å². The summed E-state index contributed by atoms with van der Waals surface area (Å²) < 4.78 is 0. The first-order valence-electron chi connectivity index (χ1n) is 5.61. The van der Waals surface area contributed by atoms with Gasteiger partial charge in [-0.1, -0.05) is 30.3 Å². The Kier molecular flexibility index (Phi) is 2.99. The summed E-state index contributed by atoms with van der Waals surface area (Å²) in [6.07, 6.45) is 1.32. The van der Waals surface area contributed by atoms with Gasteiger partial charge >= 0.3 is 0 Å². The fourth-order valence-electron chi connectivity index (χ4n) is 1.78. The third-order valence-corrected chi connectivity index (χ3v) is 3.01. The third kappa shape index (κ3) is 2.03. The van der Waals surface area contributed by atoms with Crippen molar-refractivity contribution >= 4 is 0 Å². The maximum atomic E-state index is 11.6. The fourth-order valence-corrected chi connectivity index (χ4v) is 1.78. The maximum absolute atomic E-state index is 11.6. The van der Waals surface area contributed by atoms with Crippen LogP contribution in [0.4, 0.5) is 0 Å². The minimum atomic E-state index is -0.408. The molecule has 0 radical (unpaired) electrons. The summed E-state index contributed by atoms with van der Waals surface area (Å²) in [7, 11) is 0. The van der Waals surface area contributed by atoms with Crippen molar-refractivity contribution in [1.29, 1.82) is 5.26 Å². The number of aromatic amines is 1. The molecule has 4 heteroatoms. The van der Waals surface area contributed by atoms with Gasteiger partial charge < -0.3 is 4.98 Å². The number of hydrogen-bond donors (Lipinski definition) is 1. The molecule has 18 heavy (non-hydrogen) atoms. The zero-order valence-corrected chi connectivity index (χ0v) is 10.3. The Bertz CT molecular complexity index is 651. The van der Waals surface area contributed by atoms with Crippen molar-refractivity contribution in [2.24, 2.45) is 0 Å². The van der Waals surface area contributed by atoms with Crippen LogP contribution in [0.5, 0.6) is 0 Å². The normalized spacial score (nSPS) is 10.9. The molecular weight excluding hydrogens is 226 g/mol. The number of nitrogens with one attached hydrogen (secondary N) is 1. The van der Waals surface area contributed by atoms with Crippen LogP contribution in [0.3, 0.4) is 0 Å². The summed E-state index contributed by atoms with van der Waals surface area (Å²) in [5.41, 5.74) is 0.279. The number of aromatic nitrogens is 2. The smallest absolute Gasteiger partial charge is 0.268 e. The zero-order chi connectivity index (χ0) is 13.2. The first kappa shape index (κ1) is 12.1. The number of rotatable bonds is 2. The highest BCUT2D eigenvalue weighted by Gasteiger charge is 2.25. The molecule has 0 aliphatic rings. The third-order valence-electron chi connectivity index (χ3n) is 3.01. The molecule has 0 unspecified atom stereocenters. The van der Waals surface area contributed by atoms with Crippen molar-refractivity contribution in [1.82, 2.24) is 9.97 Å². The Hall–Kier alpha value is -2.41. The highest BCUT2D eigenvalue weighted by molar-refractivity contribution is 5.32. The Morgan fingerprint density at radius 2 is 1.94 bits per heavy atom. The van der Waals surface area contributed by atoms with Crippen molar-refractivity contribution in [2.75, 3.05) is 0 Å². The SMILES string of the molecule is CC(C)(c1ccccc1)c1ncc(C#N)c(=O)[nH]1. The lowest BCUT2D eigenvalue weighted by Crippen LogP contribution is -2.26. The largest absolute Gasteiger partial charge is 0.309 e. The average Bonchev–Trinajstić information content (AvgIpc) is 2.39. The Labute approximate surface area is 105 Å². The van der Waals surface area contributed by atoms with Gasteiger partial charge in [0, 0.05) is 5.41 Å². The lowest BCUT2D eigenvalue weighted by atomic mass is 9.84. The van der Waals surface area contributed by atoms with Crippen LogP contribution in [0.1, 0.15) is 30.8 Å². The Balaban J connectivity index is 2.52. The van der Waals surface area contributed by atoms with Gasteiger partial charge in [0.2, 0.25) is 0 Å². The van der Waals surface area contributed by atoms with Gasteiger partial charge in [-0.2, -0.15) is 5.26 Å². The van der Waals surface area contributed by atoms with E-state index < -0.39 is 11.0 Å². The number of H-pyrrole nitrogens is 1. The lowest BCUT2D eigenvalue weighted by molar-refractivity contribution is 0.586. The molecule has 1 N–H and O–H groups in total. The monoisotopic (exact) mass is 239 g/mol. The molecule has 0 saturated carbocycles. The van der Waals surface area contributed by atoms with Crippen LogP contribution in [0, 0.1) is 11.3 Å². The van der Waals surface area contributed by atoms with Crippen molar-refractivity contribution in [2.45, 2.75) is 19.3 Å². The van der Waals surface area contributed by atoms with E-state index >= 15 is 0 Å². The van der Waals surface area contributed by atoms with Crippen LogP contribution in [-0.4, -0.2) is 9.97 Å². The van der Waals surface area contributed by atoms with Crippen LogP contribution in [0.2, 0.25) is 0 Å². The predicted octanol–water partition coefficient (Wildman–Crippen LogP) is 1.97.